The minimum absolute atomic E-state index is 0.0366. The van der Waals surface area contributed by atoms with Crippen LogP contribution < -0.4 is 5.32 Å². The molecule has 0 unspecified atom stereocenters. The van der Waals surface area contributed by atoms with Gasteiger partial charge in [-0.2, -0.15) is 0 Å². The van der Waals surface area contributed by atoms with Gasteiger partial charge in [0.05, 0.1) is 5.56 Å². The summed E-state index contributed by atoms with van der Waals surface area (Å²) in [5.74, 6) is -0.352. The van der Waals surface area contributed by atoms with Crippen LogP contribution in [0.4, 0.5) is 5.69 Å². The maximum absolute atomic E-state index is 12.9. The van der Waals surface area contributed by atoms with E-state index in [1.807, 2.05) is 24.3 Å². The van der Waals surface area contributed by atoms with Gasteiger partial charge in [-0.15, -0.1) is 0 Å². The standard InChI is InChI=1S/C23H23ClN4O3/c24-16-4-3-5-17(14-16)26-21(29)8-9-22(30)27-10-12-28(13-11-27)23(31)19-15-25-20-7-2-1-6-18(19)20/h1-7,14-15,25H,8-13H2,(H,26,29). The number of carbonyl (C=O) groups is 3. The number of amides is 3. The van der Waals surface area contributed by atoms with E-state index in [-0.39, 0.29) is 30.6 Å². The van der Waals surface area contributed by atoms with Crippen LogP contribution in [0.15, 0.2) is 54.7 Å². The summed E-state index contributed by atoms with van der Waals surface area (Å²) in [7, 11) is 0. The number of anilines is 1. The quantitative estimate of drug-likeness (QED) is 0.639. The van der Waals surface area contributed by atoms with Crippen LogP contribution in [-0.4, -0.2) is 58.7 Å². The Morgan fingerprint density at radius 1 is 0.935 bits per heavy atom. The van der Waals surface area contributed by atoms with Crippen LogP contribution in [0.2, 0.25) is 5.02 Å². The number of hydrogen-bond acceptors (Lipinski definition) is 3. The third-order valence-electron chi connectivity index (χ3n) is 5.41. The van der Waals surface area contributed by atoms with Crippen LogP contribution >= 0.6 is 11.6 Å². The van der Waals surface area contributed by atoms with E-state index in [9.17, 15) is 14.4 Å². The van der Waals surface area contributed by atoms with Gasteiger partial charge in [0.1, 0.15) is 0 Å². The highest BCUT2D eigenvalue weighted by atomic mass is 35.5. The number of benzene rings is 2. The molecule has 7 nitrogen and oxygen atoms in total. The minimum Gasteiger partial charge on any atom is -0.360 e. The fraction of sp³-hybridized carbons (Fsp3) is 0.261. The Morgan fingerprint density at radius 3 is 2.45 bits per heavy atom. The largest absolute Gasteiger partial charge is 0.360 e. The number of halogens is 1. The molecule has 1 saturated heterocycles. The average Bonchev–Trinajstić information content (AvgIpc) is 3.21. The summed E-state index contributed by atoms with van der Waals surface area (Å²) >= 11 is 5.91. The number of hydrogen-bond donors (Lipinski definition) is 2. The lowest BCUT2D eigenvalue weighted by Gasteiger charge is -2.34. The van der Waals surface area contributed by atoms with Crippen LogP contribution in [0.25, 0.3) is 10.9 Å². The van der Waals surface area contributed by atoms with Crippen molar-refractivity contribution in [1.82, 2.24) is 14.8 Å². The molecular weight excluding hydrogens is 416 g/mol. The van der Waals surface area contributed by atoms with Gasteiger partial charge in [-0.3, -0.25) is 14.4 Å². The van der Waals surface area contributed by atoms with Gasteiger partial charge in [-0.25, -0.2) is 0 Å². The van der Waals surface area contributed by atoms with Gasteiger partial charge in [0.2, 0.25) is 11.8 Å². The summed E-state index contributed by atoms with van der Waals surface area (Å²) in [6.07, 6.45) is 1.96. The van der Waals surface area contributed by atoms with Gasteiger partial charge in [-0.05, 0) is 24.3 Å². The Bertz CT molecular complexity index is 1120. The molecule has 1 aliphatic heterocycles. The lowest BCUT2D eigenvalue weighted by molar-refractivity contribution is -0.134. The monoisotopic (exact) mass is 438 g/mol. The lowest BCUT2D eigenvalue weighted by Crippen LogP contribution is -2.50. The summed E-state index contributed by atoms with van der Waals surface area (Å²) in [4.78, 5) is 44.1. The number of piperazine rings is 1. The van der Waals surface area contributed by atoms with Crippen molar-refractivity contribution in [3.63, 3.8) is 0 Å². The van der Waals surface area contributed by atoms with Gasteiger partial charge in [-0.1, -0.05) is 35.9 Å². The van der Waals surface area contributed by atoms with Crippen molar-refractivity contribution < 1.29 is 14.4 Å². The van der Waals surface area contributed by atoms with Crippen LogP contribution in [-0.2, 0) is 9.59 Å². The van der Waals surface area contributed by atoms with Crippen molar-refractivity contribution in [1.29, 1.82) is 0 Å². The smallest absolute Gasteiger partial charge is 0.256 e. The first kappa shape index (κ1) is 20.9. The fourth-order valence-corrected chi connectivity index (χ4v) is 3.94. The van der Waals surface area contributed by atoms with E-state index in [2.05, 4.69) is 10.3 Å². The second-order valence-electron chi connectivity index (χ2n) is 7.48. The lowest BCUT2D eigenvalue weighted by atomic mass is 10.1. The van der Waals surface area contributed by atoms with Gasteiger partial charge in [0.15, 0.2) is 0 Å². The van der Waals surface area contributed by atoms with Crippen LogP contribution in [0.3, 0.4) is 0 Å². The first-order chi connectivity index (χ1) is 15.0. The molecule has 3 amide bonds. The van der Waals surface area contributed by atoms with Gasteiger partial charge in [0.25, 0.3) is 5.91 Å². The number of carbonyl (C=O) groups excluding carboxylic acids is 3. The molecule has 2 aromatic carbocycles. The molecule has 0 spiro atoms. The number of aromatic nitrogens is 1. The van der Waals surface area contributed by atoms with Crippen molar-refractivity contribution >= 4 is 45.9 Å². The topological polar surface area (TPSA) is 85.5 Å². The van der Waals surface area contributed by atoms with Gasteiger partial charge < -0.3 is 20.1 Å². The predicted molar refractivity (Wildman–Crippen MR) is 120 cm³/mol. The SMILES string of the molecule is O=C(CCC(=O)N1CCN(C(=O)c2c[nH]c3ccccc23)CC1)Nc1cccc(Cl)c1. The summed E-state index contributed by atoms with van der Waals surface area (Å²) in [5, 5.41) is 4.18. The first-order valence-electron chi connectivity index (χ1n) is 10.2. The van der Waals surface area contributed by atoms with Crippen LogP contribution in [0.5, 0.6) is 0 Å². The highest BCUT2D eigenvalue weighted by molar-refractivity contribution is 6.30. The summed E-state index contributed by atoms with van der Waals surface area (Å²) < 4.78 is 0. The zero-order chi connectivity index (χ0) is 21.8. The molecule has 0 aliphatic carbocycles. The van der Waals surface area contributed by atoms with Gasteiger partial charge >= 0.3 is 0 Å². The van der Waals surface area contributed by atoms with Gasteiger partial charge in [0, 0.05) is 66.8 Å². The third-order valence-corrected chi connectivity index (χ3v) is 5.65. The normalized spacial score (nSPS) is 14.0. The number of aromatic amines is 1. The molecule has 4 rings (SSSR count). The highest BCUT2D eigenvalue weighted by Gasteiger charge is 2.26. The predicted octanol–water partition coefficient (Wildman–Crippen LogP) is 3.52. The summed E-state index contributed by atoms with van der Waals surface area (Å²) in [5.41, 5.74) is 2.18. The van der Waals surface area contributed by atoms with Crippen molar-refractivity contribution in [3.05, 3.63) is 65.3 Å². The maximum Gasteiger partial charge on any atom is 0.256 e. The molecule has 0 radical (unpaired) electrons. The summed E-state index contributed by atoms with van der Waals surface area (Å²) in [6, 6.07) is 14.6. The average molecular weight is 439 g/mol. The minimum atomic E-state index is -0.233. The molecule has 1 aliphatic rings. The van der Waals surface area contributed by atoms with Crippen molar-refractivity contribution in [2.24, 2.45) is 0 Å². The fourth-order valence-electron chi connectivity index (χ4n) is 3.75. The van der Waals surface area contributed by atoms with E-state index in [1.54, 1.807) is 40.3 Å². The first-order valence-corrected chi connectivity index (χ1v) is 10.6. The van der Waals surface area contributed by atoms with Crippen molar-refractivity contribution in [2.75, 3.05) is 31.5 Å². The maximum atomic E-state index is 12.9. The molecule has 0 bridgehead atoms. The number of nitrogens with one attached hydrogen (secondary N) is 2. The highest BCUT2D eigenvalue weighted by Crippen LogP contribution is 2.20. The molecule has 1 fully saturated rings. The number of nitrogens with zero attached hydrogens (tertiary/aromatic N) is 2. The third kappa shape index (κ3) is 4.88. The molecule has 31 heavy (non-hydrogen) atoms. The zero-order valence-corrected chi connectivity index (χ0v) is 17.7. The molecule has 1 aromatic heterocycles. The number of rotatable bonds is 5. The van der Waals surface area contributed by atoms with E-state index < -0.39 is 0 Å². The Kier molecular flexibility index (Phi) is 6.23. The second kappa shape index (κ2) is 9.22. The number of fused-ring (bicyclic) bond motifs is 1. The molecule has 0 atom stereocenters. The van der Waals surface area contributed by atoms with E-state index in [4.69, 9.17) is 11.6 Å². The second-order valence-corrected chi connectivity index (χ2v) is 7.92. The Labute approximate surface area is 185 Å². The molecule has 8 heteroatoms. The van der Waals surface area contributed by atoms with E-state index in [0.29, 0.717) is 42.5 Å². The number of H-pyrrole nitrogens is 1. The zero-order valence-electron chi connectivity index (χ0n) is 16.9. The van der Waals surface area contributed by atoms with Crippen molar-refractivity contribution in [3.8, 4) is 0 Å². The number of para-hydroxylation sites is 1. The molecular formula is C23H23ClN4O3. The molecule has 2 N–H and O–H groups in total. The Morgan fingerprint density at radius 2 is 1.68 bits per heavy atom. The Hall–Kier alpha value is -3.32. The molecule has 160 valence electrons. The van der Waals surface area contributed by atoms with E-state index >= 15 is 0 Å². The van der Waals surface area contributed by atoms with Crippen molar-refractivity contribution in [2.45, 2.75) is 12.8 Å². The van der Waals surface area contributed by atoms with E-state index in [1.165, 1.54) is 0 Å². The van der Waals surface area contributed by atoms with Crippen LogP contribution in [0, 0.1) is 0 Å². The molecule has 2 heterocycles. The summed E-state index contributed by atoms with van der Waals surface area (Å²) in [6.45, 7) is 1.86. The Balaban J connectivity index is 1.26. The molecule has 0 saturated carbocycles. The molecule has 3 aromatic rings. The van der Waals surface area contributed by atoms with E-state index in [0.717, 1.165) is 10.9 Å². The van der Waals surface area contributed by atoms with Crippen LogP contribution in [0.1, 0.15) is 23.2 Å².